The summed E-state index contributed by atoms with van der Waals surface area (Å²) in [5.41, 5.74) is 6.67. The number of hydrogen-bond acceptors (Lipinski definition) is 3. The average Bonchev–Trinajstić information content (AvgIpc) is 2.46. The second kappa shape index (κ2) is 3.25. The second-order valence-corrected chi connectivity index (χ2v) is 4.45. The summed E-state index contributed by atoms with van der Waals surface area (Å²) in [6.07, 6.45) is 0. The van der Waals surface area contributed by atoms with E-state index in [9.17, 15) is 0 Å². The van der Waals surface area contributed by atoms with Gasteiger partial charge in [-0.15, -0.1) is 11.3 Å². The summed E-state index contributed by atoms with van der Waals surface area (Å²) >= 11 is 7.46. The van der Waals surface area contributed by atoms with Gasteiger partial charge in [0.05, 0.1) is 16.3 Å². The Kier molecular flexibility index (Phi) is 2.24. The third-order valence-corrected chi connectivity index (χ3v) is 3.23. The van der Waals surface area contributed by atoms with Crippen molar-refractivity contribution in [2.24, 2.45) is 5.73 Å². The van der Waals surface area contributed by atoms with E-state index in [4.69, 9.17) is 17.3 Å². The molecule has 0 aliphatic rings. The van der Waals surface area contributed by atoms with E-state index in [0.717, 1.165) is 15.2 Å². The number of benzene rings is 1. The fraction of sp³-hybridized carbons (Fsp3) is 0.222. The number of halogens is 1. The smallest absolute Gasteiger partial charge is 0.110 e. The van der Waals surface area contributed by atoms with E-state index in [1.165, 1.54) is 0 Å². The van der Waals surface area contributed by atoms with Crippen molar-refractivity contribution >= 4 is 33.2 Å². The van der Waals surface area contributed by atoms with Crippen LogP contribution >= 0.6 is 22.9 Å². The van der Waals surface area contributed by atoms with Crippen molar-refractivity contribution < 1.29 is 0 Å². The minimum Gasteiger partial charge on any atom is -0.322 e. The minimum atomic E-state index is -0.00354. The van der Waals surface area contributed by atoms with Gasteiger partial charge in [0.25, 0.3) is 0 Å². The maximum Gasteiger partial charge on any atom is 0.110 e. The van der Waals surface area contributed by atoms with Crippen LogP contribution in [0.3, 0.4) is 0 Å². The molecule has 4 heteroatoms. The maximum atomic E-state index is 5.84. The zero-order chi connectivity index (χ0) is 9.42. The van der Waals surface area contributed by atoms with Crippen LogP contribution in [0.4, 0.5) is 0 Å². The van der Waals surface area contributed by atoms with Crippen molar-refractivity contribution in [3.63, 3.8) is 0 Å². The molecule has 1 heterocycles. The predicted octanol–water partition coefficient (Wildman–Crippen LogP) is 2.97. The first-order valence-corrected chi connectivity index (χ1v) is 5.18. The van der Waals surface area contributed by atoms with Crippen LogP contribution in [0.25, 0.3) is 10.2 Å². The molecule has 68 valence electrons. The fourth-order valence-electron chi connectivity index (χ4n) is 1.11. The van der Waals surface area contributed by atoms with Gasteiger partial charge in [0.15, 0.2) is 0 Å². The standard InChI is InChI=1S/C9H9ClN2S/c1-5(11)9-12-7-4-6(10)2-3-8(7)13-9/h2-5H,11H2,1H3/t5-/m1/s1. The molecule has 0 saturated heterocycles. The van der Waals surface area contributed by atoms with Crippen molar-refractivity contribution in [1.82, 2.24) is 4.98 Å². The van der Waals surface area contributed by atoms with Gasteiger partial charge >= 0.3 is 0 Å². The van der Waals surface area contributed by atoms with E-state index in [2.05, 4.69) is 4.98 Å². The molecule has 1 aromatic heterocycles. The van der Waals surface area contributed by atoms with E-state index in [-0.39, 0.29) is 6.04 Å². The molecule has 0 fully saturated rings. The normalized spacial score (nSPS) is 13.5. The monoisotopic (exact) mass is 212 g/mol. The lowest BCUT2D eigenvalue weighted by Crippen LogP contribution is -2.03. The number of aromatic nitrogens is 1. The Balaban J connectivity index is 2.62. The second-order valence-electron chi connectivity index (χ2n) is 2.95. The van der Waals surface area contributed by atoms with Crippen LogP contribution in [-0.4, -0.2) is 4.98 Å². The molecular formula is C9H9ClN2S. The van der Waals surface area contributed by atoms with Gasteiger partial charge in [-0.3, -0.25) is 0 Å². The van der Waals surface area contributed by atoms with Crippen LogP contribution in [0.15, 0.2) is 18.2 Å². The van der Waals surface area contributed by atoms with Gasteiger partial charge in [-0.2, -0.15) is 0 Å². The van der Waals surface area contributed by atoms with Crippen LogP contribution < -0.4 is 5.73 Å². The summed E-state index contributed by atoms with van der Waals surface area (Å²) in [4.78, 5) is 4.38. The zero-order valence-corrected chi connectivity index (χ0v) is 8.69. The average molecular weight is 213 g/mol. The Morgan fingerprint density at radius 2 is 2.31 bits per heavy atom. The van der Waals surface area contributed by atoms with Crippen LogP contribution in [0.2, 0.25) is 5.02 Å². The molecule has 0 aliphatic carbocycles. The molecule has 2 nitrogen and oxygen atoms in total. The van der Waals surface area contributed by atoms with Crippen LogP contribution in [0.1, 0.15) is 18.0 Å². The van der Waals surface area contributed by atoms with E-state index >= 15 is 0 Å². The van der Waals surface area contributed by atoms with Crippen molar-refractivity contribution in [1.29, 1.82) is 0 Å². The zero-order valence-electron chi connectivity index (χ0n) is 7.12. The number of fused-ring (bicyclic) bond motifs is 1. The summed E-state index contributed by atoms with van der Waals surface area (Å²) in [5.74, 6) is 0. The highest BCUT2D eigenvalue weighted by atomic mass is 35.5. The van der Waals surface area contributed by atoms with Crippen molar-refractivity contribution in [3.05, 3.63) is 28.2 Å². The molecule has 0 amide bonds. The first-order valence-electron chi connectivity index (χ1n) is 3.98. The Hall–Kier alpha value is -0.640. The lowest BCUT2D eigenvalue weighted by molar-refractivity contribution is 0.810. The summed E-state index contributed by atoms with van der Waals surface area (Å²) in [6, 6.07) is 5.70. The summed E-state index contributed by atoms with van der Waals surface area (Å²) in [7, 11) is 0. The number of nitrogens with two attached hydrogens (primary N) is 1. The Bertz CT molecular complexity index is 436. The number of nitrogens with zero attached hydrogens (tertiary/aromatic N) is 1. The van der Waals surface area contributed by atoms with E-state index in [1.807, 2.05) is 25.1 Å². The highest BCUT2D eigenvalue weighted by Gasteiger charge is 2.07. The quantitative estimate of drug-likeness (QED) is 0.790. The highest BCUT2D eigenvalue weighted by Crippen LogP contribution is 2.27. The van der Waals surface area contributed by atoms with E-state index < -0.39 is 0 Å². The third kappa shape index (κ3) is 1.68. The molecule has 0 aliphatic heterocycles. The molecule has 0 bridgehead atoms. The van der Waals surface area contributed by atoms with E-state index in [1.54, 1.807) is 11.3 Å². The SMILES string of the molecule is C[C@@H](N)c1nc2cc(Cl)ccc2s1. The molecular weight excluding hydrogens is 204 g/mol. The lowest BCUT2D eigenvalue weighted by atomic mass is 10.3. The Morgan fingerprint density at radius 1 is 1.54 bits per heavy atom. The van der Waals surface area contributed by atoms with Gasteiger partial charge in [0.1, 0.15) is 5.01 Å². The maximum absolute atomic E-state index is 5.84. The first kappa shape index (κ1) is 8.94. The number of hydrogen-bond donors (Lipinski definition) is 1. The third-order valence-electron chi connectivity index (χ3n) is 1.76. The summed E-state index contributed by atoms with van der Waals surface area (Å²) in [5, 5.41) is 1.67. The van der Waals surface area contributed by atoms with Gasteiger partial charge in [0.2, 0.25) is 0 Å². The van der Waals surface area contributed by atoms with Crippen molar-refractivity contribution in [2.75, 3.05) is 0 Å². The molecule has 1 atom stereocenters. The predicted molar refractivity (Wildman–Crippen MR) is 57.2 cm³/mol. The fourth-order valence-corrected chi connectivity index (χ4v) is 2.18. The van der Waals surface area contributed by atoms with Gasteiger partial charge in [-0.05, 0) is 25.1 Å². The molecule has 1 aromatic carbocycles. The van der Waals surface area contributed by atoms with Gasteiger partial charge in [0, 0.05) is 5.02 Å². The molecule has 0 spiro atoms. The first-order chi connectivity index (χ1) is 6.16. The van der Waals surface area contributed by atoms with Crippen molar-refractivity contribution in [3.8, 4) is 0 Å². The van der Waals surface area contributed by atoms with Gasteiger partial charge < -0.3 is 5.73 Å². The van der Waals surface area contributed by atoms with Crippen molar-refractivity contribution in [2.45, 2.75) is 13.0 Å². The molecule has 13 heavy (non-hydrogen) atoms. The molecule has 2 rings (SSSR count). The molecule has 2 aromatic rings. The van der Waals surface area contributed by atoms with Crippen LogP contribution in [0, 0.1) is 0 Å². The van der Waals surface area contributed by atoms with E-state index in [0.29, 0.717) is 5.02 Å². The summed E-state index contributed by atoms with van der Waals surface area (Å²) in [6.45, 7) is 1.93. The van der Waals surface area contributed by atoms with Crippen LogP contribution in [-0.2, 0) is 0 Å². The Labute approximate surface area is 85.3 Å². The minimum absolute atomic E-state index is 0.00354. The number of thiazole rings is 1. The largest absolute Gasteiger partial charge is 0.322 e. The molecule has 2 N–H and O–H groups in total. The summed E-state index contributed by atoms with van der Waals surface area (Å²) < 4.78 is 1.14. The Morgan fingerprint density at radius 3 is 3.00 bits per heavy atom. The number of rotatable bonds is 1. The van der Waals surface area contributed by atoms with Crippen LogP contribution in [0.5, 0.6) is 0 Å². The lowest BCUT2D eigenvalue weighted by Gasteiger charge is -1.95. The van der Waals surface area contributed by atoms with Gasteiger partial charge in [-0.25, -0.2) is 4.98 Å². The van der Waals surface area contributed by atoms with Gasteiger partial charge in [-0.1, -0.05) is 11.6 Å². The molecule has 0 radical (unpaired) electrons. The molecule has 0 saturated carbocycles. The topological polar surface area (TPSA) is 38.9 Å². The molecule has 0 unspecified atom stereocenters. The highest BCUT2D eigenvalue weighted by molar-refractivity contribution is 7.18.